The summed E-state index contributed by atoms with van der Waals surface area (Å²) in [5.74, 6) is -1.14. The lowest BCUT2D eigenvalue weighted by atomic mass is 9.94. The van der Waals surface area contributed by atoms with Crippen LogP contribution in [0.5, 0.6) is 11.5 Å². The number of Topliss-reactive ketones (excluding diaryl/α,β-unsaturated/α-hetero) is 1. The smallest absolute Gasteiger partial charge is 0.300 e. The van der Waals surface area contributed by atoms with Crippen molar-refractivity contribution in [1.82, 2.24) is 0 Å². The van der Waals surface area contributed by atoms with Crippen LogP contribution in [0.15, 0.2) is 72.3 Å². The van der Waals surface area contributed by atoms with Crippen LogP contribution in [-0.4, -0.2) is 28.5 Å². The van der Waals surface area contributed by atoms with E-state index in [1.54, 1.807) is 54.6 Å². The number of ketones is 1. The van der Waals surface area contributed by atoms with E-state index in [0.29, 0.717) is 34.2 Å². The number of rotatable bonds is 6. The molecular weight excluding hydrogens is 454 g/mol. The number of carbonyl (C=O) groups excluding carboxylic acids is 2. The van der Waals surface area contributed by atoms with Gasteiger partial charge in [0, 0.05) is 16.3 Å². The van der Waals surface area contributed by atoms with Crippen LogP contribution in [-0.2, 0) is 9.59 Å². The van der Waals surface area contributed by atoms with Gasteiger partial charge in [-0.3, -0.25) is 14.5 Å². The van der Waals surface area contributed by atoms with Crippen molar-refractivity contribution in [2.75, 3.05) is 11.5 Å². The van der Waals surface area contributed by atoms with Gasteiger partial charge in [-0.25, -0.2) is 0 Å². The topological polar surface area (TPSA) is 87.1 Å². The molecule has 1 heterocycles. The molecule has 0 spiro atoms. The van der Waals surface area contributed by atoms with E-state index in [1.807, 2.05) is 13.8 Å². The van der Waals surface area contributed by atoms with Crippen LogP contribution < -0.4 is 9.64 Å². The number of hydrogen-bond acceptors (Lipinski definition) is 5. The first-order chi connectivity index (χ1) is 16.3. The largest absolute Gasteiger partial charge is 0.508 e. The van der Waals surface area contributed by atoms with E-state index in [9.17, 15) is 19.8 Å². The summed E-state index contributed by atoms with van der Waals surface area (Å²) in [6, 6.07) is 17.0. The highest BCUT2D eigenvalue weighted by Gasteiger charge is 2.47. The van der Waals surface area contributed by atoms with Crippen molar-refractivity contribution < 1.29 is 24.5 Å². The third kappa shape index (κ3) is 4.37. The zero-order chi connectivity index (χ0) is 24.4. The third-order valence-corrected chi connectivity index (χ3v) is 5.88. The zero-order valence-electron chi connectivity index (χ0n) is 18.8. The summed E-state index contributed by atoms with van der Waals surface area (Å²) in [4.78, 5) is 27.7. The minimum Gasteiger partial charge on any atom is -0.508 e. The standard InChI is InChI=1S/C27H24ClNO5/c1-3-13-34-22-12-9-18(14-16(22)2)25(31)23-24(17-7-10-21(30)11-8-17)29(27(33)26(23)32)20-6-4-5-19(28)15-20/h4-12,14-15,24,30-31H,3,13H2,1-2H3/b25-23+. The van der Waals surface area contributed by atoms with E-state index in [2.05, 4.69) is 0 Å². The average Bonchev–Trinajstić information content (AvgIpc) is 3.08. The van der Waals surface area contributed by atoms with Crippen molar-refractivity contribution in [3.05, 3.63) is 94.0 Å². The maximum Gasteiger partial charge on any atom is 0.300 e. The van der Waals surface area contributed by atoms with Crippen LogP contribution in [0.2, 0.25) is 5.02 Å². The summed E-state index contributed by atoms with van der Waals surface area (Å²) in [5.41, 5.74) is 2.12. The second-order valence-electron chi connectivity index (χ2n) is 8.07. The lowest BCUT2D eigenvalue weighted by Gasteiger charge is -2.25. The highest BCUT2D eigenvalue weighted by Crippen LogP contribution is 2.43. The second-order valence-corrected chi connectivity index (χ2v) is 8.51. The minimum absolute atomic E-state index is 0.0433. The number of nitrogens with zero attached hydrogens (tertiary/aromatic N) is 1. The SMILES string of the molecule is CCCOc1ccc(/C(O)=C2\C(=O)C(=O)N(c3cccc(Cl)c3)C2c2ccc(O)cc2)cc1C. The van der Waals surface area contributed by atoms with Gasteiger partial charge in [-0.1, -0.05) is 36.7 Å². The first-order valence-corrected chi connectivity index (χ1v) is 11.3. The Balaban J connectivity index is 1.88. The van der Waals surface area contributed by atoms with Gasteiger partial charge >= 0.3 is 0 Å². The van der Waals surface area contributed by atoms with E-state index >= 15 is 0 Å². The lowest BCUT2D eigenvalue weighted by molar-refractivity contribution is -0.132. The third-order valence-electron chi connectivity index (χ3n) is 5.65. The number of anilines is 1. The molecule has 2 N–H and O–H groups in total. The number of hydrogen-bond donors (Lipinski definition) is 2. The molecular formula is C27H24ClNO5. The molecule has 1 unspecified atom stereocenters. The normalized spacial score (nSPS) is 17.3. The van der Waals surface area contributed by atoms with Crippen LogP contribution >= 0.6 is 11.6 Å². The molecule has 34 heavy (non-hydrogen) atoms. The minimum atomic E-state index is -0.907. The van der Waals surface area contributed by atoms with Gasteiger partial charge in [-0.2, -0.15) is 0 Å². The molecule has 6 nitrogen and oxygen atoms in total. The Labute approximate surface area is 202 Å². The fourth-order valence-corrected chi connectivity index (χ4v) is 4.21. The van der Waals surface area contributed by atoms with Crippen LogP contribution in [0.4, 0.5) is 5.69 Å². The number of aromatic hydroxyl groups is 1. The van der Waals surface area contributed by atoms with E-state index in [4.69, 9.17) is 16.3 Å². The molecule has 4 rings (SSSR count). The van der Waals surface area contributed by atoms with E-state index in [0.717, 1.165) is 12.0 Å². The molecule has 1 saturated heterocycles. The molecule has 0 aromatic heterocycles. The van der Waals surface area contributed by atoms with Crippen LogP contribution in [0.3, 0.4) is 0 Å². The summed E-state index contributed by atoms with van der Waals surface area (Å²) >= 11 is 6.16. The molecule has 174 valence electrons. The van der Waals surface area contributed by atoms with Gasteiger partial charge in [0.2, 0.25) is 0 Å². The van der Waals surface area contributed by atoms with Gasteiger partial charge in [-0.15, -0.1) is 0 Å². The number of aliphatic hydroxyl groups is 1. The van der Waals surface area contributed by atoms with Crippen molar-refractivity contribution in [3.63, 3.8) is 0 Å². The average molecular weight is 478 g/mol. The van der Waals surface area contributed by atoms with Crippen molar-refractivity contribution >= 4 is 34.7 Å². The maximum absolute atomic E-state index is 13.2. The lowest BCUT2D eigenvalue weighted by Crippen LogP contribution is -2.29. The Bertz CT molecular complexity index is 1280. The number of aliphatic hydroxyl groups excluding tert-OH is 1. The van der Waals surface area contributed by atoms with Crippen molar-refractivity contribution in [2.24, 2.45) is 0 Å². The Morgan fingerprint density at radius 2 is 1.79 bits per heavy atom. The zero-order valence-corrected chi connectivity index (χ0v) is 19.5. The van der Waals surface area contributed by atoms with Gasteiger partial charge in [-0.05, 0) is 73.0 Å². The number of carbonyl (C=O) groups is 2. The fourth-order valence-electron chi connectivity index (χ4n) is 4.02. The molecule has 0 saturated carbocycles. The highest BCUT2D eigenvalue weighted by atomic mass is 35.5. The first-order valence-electron chi connectivity index (χ1n) is 10.9. The Morgan fingerprint density at radius 3 is 2.44 bits per heavy atom. The van der Waals surface area contributed by atoms with Gasteiger partial charge in [0.1, 0.15) is 17.3 Å². The monoisotopic (exact) mass is 477 g/mol. The molecule has 1 fully saturated rings. The molecule has 7 heteroatoms. The maximum atomic E-state index is 13.2. The summed E-state index contributed by atoms with van der Waals surface area (Å²) in [6.45, 7) is 4.43. The van der Waals surface area contributed by atoms with Crippen molar-refractivity contribution in [2.45, 2.75) is 26.3 Å². The van der Waals surface area contributed by atoms with Crippen molar-refractivity contribution in [1.29, 1.82) is 0 Å². The summed E-state index contributed by atoms with van der Waals surface area (Å²) in [7, 11) is 0. The Morgan fingerprint density at radius 1 is 1.06 bits per heavy atom. The molecule has 1 atom stereocenters. The van der Waals surface area contributed by atoms with E-state index < -0.39 is 17.7 Å². The molecule has 3 aromatic carbocycles. The summed E-state index contributed by atoms with van der Waals surface area (Å²) in [6.07, 6.45) is 0.862. The molecule has 1 aliphatic rings. The summed E-state index contributed by atoms with van der Waals surface area (Å²) < 4.78 is 5.71. The number of halogens is 1. The quantitative estimate of drug-likeness (QED) is 0.267. The molecule has 1 amide bonds. The van der Waals surface area contributed by atoms with Crippen LogP contribution in [0.1, 0.15) is 36.1 Å². The fraction of sp³-hybridized carbons (Fsp3) is 0.185. The second kappa shape index (κ2) is 9.61. The predicted molar refractivity (Wildman–Crippen MR) is 131 cm³/mol. The van der Waals surface area contributed by atoms with E-state index in [1.165, 1.54) is 17.0 Å². The predicted octanol–water partition coefficient (Wildman–Crippen LogP) is 5.77. The number of benzene rings is 3. The van der Waals surface area contributed by atoms with Gasteiger partial charge in [0.25, 0.3) is 11.7 Å². The number of ether oxygens (including phenoxy) is 1. The van der Waals surface area contributed by atoms with Gasteiger partial charge in [0.15, 0.2) is 0 Å². The molecule has 0 bridgehead atoms. The Kier molecular flexibility index (Phi) is 6.61. The van der Waals surface area contributed by atoms with Gasteiger partial charge < -0.3 is 14.9 Å². The number of amides is 1. The highest BCUT2D eigenvalue weighted by molar-refractivity contribution is 6.51. The summed E-state index contributed by atoms with van der Waals surface area (Å²) in [5, 5.41) is 21.4. The van der Waals surface area contributed by atoms with Crippen LogP contribution in [0, 0.1) is 6.92 Å². The Hall–Kier alpha value is -3.77. The number of aryl methyl sites for hydroxylation is 1. The van der Waals surface area contributed by atoms with E-state index in [-0.39, 0.29) is 17.1 Å². The molecule has 1 aliphatic heterocycles. The van der Waals surface area contributed by atoms with Crippen molar-refractivity contribution in [3.8, 4) is 11.5 Å². The molecule has 0 radical (unpaired) electrons. The number of phenols is 1. The molecule has 0 aliphatic carbocycles. The van der Waals surface area contributed by atoms with Gasteiger partial charge in [0.05, 0.1) is 18.2 Å². The molecule has 3 aromatic rings. The first kappa shape index (κ1) is 23.4. The number of phenolic OH excluding ortho intramolecular Hbond substituents is 1. The van der Waals surface area contributed by atoms with Crippen LogP contribution in [0.25, 0.3) is 5.76 Å².